The molecule has 3 heteroatoms. The maximum absolute atomic E-state index is 10.9. The normalized spacial score (nSPS) is 12.0. The molecule has 0 aromatic carbocycles. The molecule has 0 atom stereocenters. The van der Waals surface area contributed by atoms with E-state index in [1.165, 1.54) is 161 Å². The molecule has 47 heavy (non-hydrogen) atoms. The number of rotatable bonds is 35. The van der Waals surface area contributed by atoms with Crippen molar-refractivity contribution in [3.05, 3.63) is 48.6 Å². The Morgan fingerprint density at radius 2 is 0.787 bits per heavy atom. The van der Waals surface area contributed by atoms with Crippen LogP contribution < -0.4 is 0 Å². The molecule has 0 heterocycles. The van der Waals surface area contributed by atoms with Gasteiger partial charge in [0.2, 0.25) is 0 Å². The van der Waals surface area contributed by atoms with Gasteiger partial charge in [-0.25, -0.2) is 0 Å². The van der Waals surface area contributed by atoms with Crippen molar-refractivity contribution in [2.24, 2.45) is 0 Å². The number of unbranched alkanes of at least 4 members (excludes halogenated alkanes) is 19. The van der Waals surface area contributed by atoms with E-state index in [0.717, 1.165) is 25.7 Å². The summed E-state index contributed by atoms with van der Waals surface area (Å²) in [6.45, 7) is 8.62. The molecule has 0 aliphatic heterocycles. The largest absolute Gasteiger partial charge is 0.465 e. The molecule has 0 bridgehead atoms. The molecule has 0 unspecified atom stereocenters. The summed E-state index contributed by atoms with van der Waals surface area (Å²) >= 11 is 0. The van der Waals surface area contributed by atoms with Crippen molar-refractivity contribution in [3.8, 4) is 0 Å². The van der Waals surface area contributed by atoms with Crippen LogP contribution in [0.3, 0.4) is 0 Å². The van der Waals surface area contributed by atoms with E-state index in [1.807, 2.05) is 0 Å². The zero-order valence-electron chi connectivity index (χ0n) is 32.5. The van der Waals surface area contributed by atoms with Crippen molar-refractivity contribution in [2.75, 3.05) is 20.6 Å². The van der Waals surface area contributed by atoms with Crippen LogP contribution in [0.15, 0.2) is 48.6 Å². The lowest BCUT2D eigenvalue weighted by Gasteiger charge is -2.15. The number of ether oxygens (including phenoxy) is 1. The van der Waals surface area contributed by atoms with E-state index >= 15 is 0 Å². The lowest BCUT2D eigenvalue weighted by Crippen LogP contribution is -2.12. The van der Waals surface area contributed by atoms with E-state index in [2.05, 4.69) is 88.4 Å². The van der Waals surface area contributed by atoms with Crippen LogP contribution in [0.25, 0.3) is 0 Å². The first kappa shape index (κ1) is 47.5. The molecule has 0 fully saturated rings. The molecule has 0 radical (unpaired) electrons. The van der Waals surface area contributed by atoms with Gasteiger partial charge in [-0.15, -0.1) is 0 Å². The van der Waals surface area contributed by atoms with E-state index in [9.17, 15) is 4.79 Å². The maximum Gasteiger partial charge on any atom is 0.293 e. The predicted molar refractivity (Wildman–Crippen MR) is 212 cm³/mol. The van der Waals surface area contributed by atoms with Gasteiger partial charge in [-0.2, -0.15) is 0 Å². The van der Waals surface area contributed by atoms with Crippen LogP contribution in [0.2, 0.25) is 0 Å². The van der Waals surface area contributed by atoms with Gasteiger partial charge in [0.1, 0.15) is 6.10 Å². The predicted octanol–water partition coefficient (Wildman–Crippen LogP) is 14.3. The summed E-state index contributed by atoms with van der Waals surface area (Å²) in [7, 11) is 4.21. The number of carbonyl (C=O) groups excluding carboxylic acids is 1. The summed E-state index contributed by atoms with van der Waals surface area (Å²) < 4.78 is 5.39. The number of carbonyl (C=O) groups is 1. The van der Waals surface area contributed by atoms with Crippen LogP contribution in [0.5, 0.6) is 0 Å². The van der Waals surface area contributed by atoms with Crippen molar-refractivity contribution in [3.63, 3.8) is 0 Å². The Hall–Kier alpha value is -1.61. The molecule has 276 valence electrons. The highest BCUT2D eigenvalue weighted by molar-refractivity contribution is 5.37. The van der Waals surface area contributed by atoms with E-state index in [0.29, 0.717) is 6.47 Å². The van der Waals surface area contributed by atoms with Crippen molar-refractivity contribution in [2.45, 2.75) is 207 Å². The summed E-state index contributed by atoms with van der Waals surface area (Å²) in [5, 5.41) is 0. The van der Waals surface area contributed by atoms with E-state index < -0.39 is 0 Å². The van der Waals surface area contributed by atoms with Gasteiger partial charge in [0.05, 0.1) is 0 Å². The molecular formula is C44H83NO2. The van der Waals surface area contributed by atoms with Gasteiger partial charge >= 0.3 is 0 Å². The molecule has 0 aliphatic carbocycles. The lowest BCUT2D eigenvalue weighted by atomic mass is 10.0. The Morgan fingerprint density at radius 1 is 0.447 bits per heavy atom. The number of hydrogen-bond acceptors (Lipinski definition) is 3. The number of hydrogen-bond donors (Lipinski definition) is 0. The molecular weight excluding hydrogens is 574 g/mol. The highest BCUT2D eigenvalue weighted by Crippen LogP contribution is 2.17. The van der Waals surface area contributed by atoms with Crippen LogP contribution in [-0.2, 0) is 9.53 Å². The Labute approximate surface area is 296 Å². The van der Waals surface area contributed by atoms with Crippen LogP contribution in [0.4, 0.5) is 0 Å². The van der Waals surface area contributed by atoms with E-state index in [4.69, 9.17) is 4.74 Å². The second kappa shape index (κ2) is 44.4. The molecule has 0 saturated heterocycles. The zero-order chi connectivity index (χ0) is 34.7. The average molecular weight is 658 g/mol. The summed E-state index contributed by atoms with van der Waals surface area (Å²) in [5.74, 6) is 0. The minimum atomic E-state index is 0.133. The van der Waals surface area contributed by atoms with Gasteiger partial charge in [-0.05, 0) is 117 Å². The van der Waals surface area contributed by atoms with Crippen molar-refractivity contribution >= 4 is 6.47 Å². The third-order valence-electron chi connectivity index (χ3n) is 8.66. The molecule has 3 nitrogen and oxygen atoms in total. The van der Waals surface area contributed by atoms with Crippen molar-refractivity contribution < 1.29 is 9.53 Å². The average Bonchev–Trinajstić information content (AvgIpc) is 3.07. The third kappa shape index (κ3) is 46.6. The standard InChI is InChI=1S/C38H68O2.C6H15N/c1-3-5-7-9-11-13-15-17-19-21-23-25-27-29-31-33-35-38(40-37-39)36-34-32-30-28-26-24-22-20-18-16-14-12-10-8-6-4-2;1-4-5-6-7(2)3/h11-14,17-20,37-38H,3-10,15-16,21-36H2,1-2H3;4-6H2,1-3H3/b13-11-,14-12-,19-17-,20-18-;. The van der Waals surface area contributed by atoms with Crippen molar-refractivity contribution in [1.82, 2.24) is 4.90 Å². The molecule has 0 saturated carbocycles. The Kier molecular flexibility index (Phi) is 44.9. The minimum Gasteiger partial charge on any atom is -0.465 e. The van der Waals surface area contributed by atoms with Crippen LogP contribution >= 0.6 is 0 Å². The molecule has 0 aromatic heterocycles. The highest BCUT2D eigenvalue weighted by atomic mass is 16.5. The molecule has 0 spiro atoms. The van der Waals surface area contributed by atoms with E-state index in [1.54, 1.807) is 0 Å². The fraction of sp³-hybridized carbons (Fsp3) is 0.795. The zero-order valence-corrected chi connectivity index (χ0v) is 32.5. The maximum atomic E-state index is 10.9. The third-order valence-corrected chi connectivity index (χ3v) is 8.66. The summed E-state index contributed by atoms with van der Waals surface area (Å²) in [6, 6.07) is 0. The second-order valence-electron chi connectivity index (χ2n) is 13.8. The van der Waals surface area contributed by atoms with Crippen molar-refractivity contribution in [1.29, 1.82) is 0 Å². The highest BCUT2D eigenvalue weighted by Gasteiger charge is 2.08. The molecule has 0 aromatic rings. The first-order chi connectivity index (χ1) is 23.1. The van der Waals surface area contributed by atoms with Gasteiger partial charge in [0.15, 0.2) is 0 Å². The van der Waals surface area contributed by atoms with Crippen LogP contribution in [-0.4, -0.2) is 38.1 Å². The summed E-state index contributed by atoms with van der Waals surface area (Å²) in [6.07, 6.45) is 54.0. The lowest BCUT2D eigenvalue weighted by molar-refractivity contribution is -0.134. The minimum absolute atomic E-state index is 0.133. The SMILES string of the molecule is CCCCC/C=C\C/C=C\CCCCCCCCC(CCCCCCCC/C=C\C/C=C\CCCCC)OC=O.CCCCN(C)C. The van der Waals surface area contributed by atoms with Gasteiger partial charge in [0.25, 0.3) is 6.47 Å². The molecule has 0 rings (SSSR count). The first-order valence-corrected chi connectivity index (χ1v) is 20.5. The van der Waals surface area contributed by atoms with Crippen LogP contribution in [0.1, 0.15) is 201 Å². The molecule has 0 N–H and O–H groups in total. The van der Waals surface area contributed by atoms with Gasteiger partial charge in [0, 0.05) is 0 Å². The summed E-state index contributed by atoms with van der Waals surface area (Å²) in [4.78, 5) is 13.1. The van der Waals surface area contributed by atoms with Gasteiger partial charge < -0.3 is 9.64 Å². The first-order valence-electron chi connectivity index (χ1n) is 20.5. The fourth-order valence-electron chi connectivity index (χ4n) is 5.55. The Morgan fingerprint density at radius 3 is 1.11 bits per heavy atom. The topological polar surface area (TPSA) is 29.5 Å². The Bertz CT molecular complexity index is 645. The van der Waals surface area contributed by atoms with Crippen LogP contribution in [0, 0.1) is 0 Å². The monoisotopic (exact) mass is 658 g/mol. The smallest absolute Gasteiger partial charge is 0.293 e. The molecule has 0 amide bonds. The number of allylic oxidation sites excluding steroid dienone is 8. The quantitative estimate of drug-likeness (QED) is 0.0386. The second-order valence-corrected chi connectivity index (χ2v) is 13.8. The number of nitrogens with zero attached hydrogens (tertiary/aromatic N) is 1. The summed E-state index contributed by atoms with van der Waals surface area (Å²) in [5.41, 5.74) is 0. The fourth-order valence-corrected chi connectivity index (χ4v) is 5.55. The molecule has 0 aliphatic rings. The van der Waals surface area contributed by atoms with E-state index in [-0.39, 0.29) is 6.10 Å². The Balaban J connectivity index is 0. The van der Waals surface area contributed by atoms with Gasteiger partial charge in [-0.1, -0.05) is 153 Å². The van der Waals surface area contributed by atoms with Gasteiger partial charge in [-0.3, -0.25) is 4.79 Å².